The van der Waals surface area contributed by atoms with Crippen LogP contribution in [0.15, 0.2) is 47.1 Å². The second kappa shape index (κ2) is 7.23. The lowest BCUT2D eigenvalue weighted by Gasteiger charge is -2.34. The lowest BCUT2D eigenvalue weighted by Crippen LogP contribution is -2.49. The van der Waals surface area contributed by atoms with Crippen LogP contribution in [0.3, 0.4) is 0 Å². The highest BCUT2D eigenvalue weighted by Gasteiger charge is 2.34. The first kappa shape index (κ1) is 18.0. The van der Waals surface area contributed by atoms with Crippen molar-refractivity contribution in [3.63, 3.8) is 0 Å². The standard InChI is InChI=1S/C18H17F3N2O3/c19-18(20,21)12-6-8-13(9-7-12)22-16(24)14-4-1-2-10-23(14)17(25)15-5-3-11-26-15/h3,5-9,11,14H,1-2,4,10H2,(H,22,24). The zero-order valence-electron chi connectivity index (χ0n) is 13.8. The quantitative estimate of drug-likeness (QED) is 0.895. The predicted molar refractivity (Wildman–Crippen MR) is 87.5 cm³/mol. The number of benzene rings is 1. The number of nitrogens with one attached hydrogen (secondary N) is 1. The van der Waals surface area contributed by atoms with Crippen molar-refractivity contribution in [1.29, 1.82) is 0 Å². The fourth-order valence-electron chi connectivity index (χ4n) is 2.96. The summed E-state index contributed by atoms with van der Waals surface area (Å²) in [4.78, 5) is 26.5. The molecule has 0 aliphatic carbocycles. The minimum absolute atomic E-state index is 0.152. The number of piperidine rings is 1. The fourth-order valence-corrected chi connectivity index (χ4v) is 2.96. The van der Waals surface area contributed by atoms with Gasteiger partial charge in [0.15, 0.2) is 5.76 Å². The molecule has 1 unspecified atom stereocenters. The average Bonchev–Trinajstić information content (AvgIpc) is 3.15. The molecule has 1 atom stereocenters. The van der Waals surface area contributed by atoms with E-state index in [-0.39, 0.29) is 17.4 Å². The van der Waals surface area contributed by atoms with Crippen LogP contribution < -0.4 is 5.32 Å². The molecule has 5 nitrogen and oxygen atoms in total. The van der Waals surface area contributed by atoms with Gasteiger partial charge in [-0.15, -0.1) is 0 Å². The minimum Gasteiger partial charge on any atom is -0.459 e. The van der Waals surface area contributed by atoms with Gasteiger partial charge in [0, 0.05) is 12.2 Å². The van der Waals surface area contributed by atoms with Crippen molar-refractivity contribution in [2.45, 2.75) is 31.5 Å². The lowest BCUT2D eigenvalue weighted by molar-refractivity contribution is -0.137. The Hall–Kier alpha value is -2.77. The number of likely N-dealkylation sites (tertiary alicyclic amines) is 1. The number of amides is 2. The molecule has 1 N–H and O–H groups in total. The van der Waals surface area contributed by atoms with Crippen molar-refractivity contribution in [1.82, 2.24) is 4.90 Å². The molecule has 1 fully saturated rings. The number of anilines is 1. The summed E-state index contributed by atoms with van der Waals surface area (Å²) in [6.07, 6.45) is -1.00. The van der Waals surface area contributed by atoms with Crippen LogP contribution >= 0.6 is 0 Å². The maximum atomic E-state index is 12.6. The van der Waals surface area contributed by atoms with Gasteiger partial charge >= 0.3 is 6.18 Å². The van der Waals surface area contributed by atoms with Crippen molar-refractivity contribution < 1.29 is 27.2 Å². The summed E-state index contributed by atoms with van der Waals surface area (Å²) in [5.41, 5.74) is -0.540. The number of halogens is 3. The number of nitrogens with zero attached hydrogens (tertiary/aromatic N) is 1. The number of carbonyl (C=O) groups excluding carboxylic acids is 2. The van der Waals surface area contributed by atoms with Crippen LogP contribution in [0.5, 0.6) is 0 Å². The monoisotopic (exact) mass is 366 g/mol. The van der Waals surface area contributed by atoms with Gasteiger partial charge in [-0.3, -0.25) is 9.59 Å². The van der Waals surface area contributed by atoms with Crippen molar-refractivity contribution in [2.75, 3.05) is 11.9 Å². The molecule has 3 rings (SSSR count). The minimum atomic E-state index is -4.43. The Bertz CT molecular complexity index is 770. The third-order valence-corrected chi connectivity index (χ3v) is 4.28. The van der Waals surface area contributed by atoms with Crippen molar-refractivity contribution in [3.8, 4) is 0 Å². The Morgan fingerprint density at radius 1 is 1.12 bits per heavy atom. The molecule has 138 valence electrons. The van der Waals surface area contributed by atoms with E-state index in [1.807, 2.05) is 0 Å². The topological polar surface area (TPSA) is 62.6 Å². The number of alkyl halides is 3. The summed E-state index contributed by atoms with van der Waals surface area (Å²) in [5.74, 6) is -0.647. The van der Waals surface area contributed by atoms with Gasteiger partial charge in [0.1, 0.15) is 6.04 Å². The summed E-state index contributed by atoms with van der Waals surface area (Å²) < 4.78 is 42.9. The smallest absolute Gasteiger partial charge is 0.416 e. The highest BCUT2D eigenvalue weighted by atomic mass is 19.4. The molecular weight excluding hydrogens is 349 g/mol. The Balaban J connectivity index is 1.71. The van der Waals surface area contributed by atoms with E-state index >= 15 is 0 Å². The summed E-state index contributed by atoms with van der Waals surface area (Å²) >= 11 is 0. The second-order valence-electron chi connectivity index (χ2n) is 6.05. The van der Waals surface area contributed by atoms with Crippen LogP contribution in [0.4, 0.5) is 18.9 Å². The third kappa shape index (κ3) is 3.89. The van der Waals surface area contributed by atoms with E-state index in [0.717, 1.165) is 25.0 Å². The molecule has 0 spiro atoms. The highest BCUT2D eigenvalue weighted by molar-refractivity contribution is 6.00. The lowest BCUT2D eigenvalue weighted by atomic mass is 10.0. The Morgan fingerprint density at radius 3 is 2.46 bits per heavy atom. The second-order valence-corrected chi connectivity index (χ2v) is 6.05. The van der Waals surface area contributed by atoms with Gasteiger partial charge in [-0.25, -0.2) is 0 Å². The molecule has 1 saturated heterocycles. The zero-order valence-corrected chi connectivity index (χ0v) is 13.8. The number of hydrogen-bond acceptors (Lipinski definition) is 3. The largest absolute Gasteiger partial charge is 0.459 e. The van der Waals surface area contributed by atoms with E-state index in [4.69, 9.17) is 4.42 Å². The highest BCUT2D eigenvalue weighted by Crippen LogP contribution is 2.30. The van der Waals surface area contributed by atoms with Crippen LogP contribution in [-0.4, -0.2) is 29.3 Å². The first-order valence-electron chi connectivity index (χ1n) is 8.19. The zero-order chi connectivity index (χ0) is 18.7. The van der Waals surface area contributed by atoms with Crippen molar-refractivity contribution >= 4 is 17.5 Å². The molecule has 2 aromatic rings. The van der Waals surface area contributed by atoms with Gasteiger partial charge in [-0.1, -0.05) is 0 Å². The first-order valence-corrected chi connectivity index (χ1v) is 8.19. The molecule has 1 aliphatic rings. The summed E-state index contributed by atoms with van der Waals surface area (Å²) in [6, 6.07) is 6.63. The number of furan rings is 1. The summed E-state index contributed by atoms with van der Waals surface area (Å²) in [6.45, 7) is 0.421. The molecule has 1 aromatic carbocycles. The molecule has 1 aromatic heterocycles. The molecular formula is C18H17F3N2O3. The summed E-state index contributed by atoms with van der Waals surface area (Å²) in [5, 5.41) is 2.59. The van der Waals surface area contributed by atoms with Gasteiger partial charge in [-0.2, -0.15) is 13.2 Å². The van der Waals surface area contributed by atoms with Gasteiger partial charge in [0.2, 0.25) is 5.91 Å². The van der Waals surface area contributed by atoms with Crippen LogP contribution in [0.2, 0.25) is 0 Å². The predicted octanol–water partition coefficient (Wildman–Crippen LogP) is 3.93. The van der Waals surface area contributed by atoms with E-state index < -0.39 is 23.7 Å². The number of carbonyl (C=O) groups is 2. The maximum Gasteiger partial charge on any atom is 0.416 e. The number of rotatable bonds is 3. The Morgan fingerprint density at radius 2 is 1.85 bits per heavy atom. The van der Waals surface area contributed by atoms with Gasteiger partial charge in [0.05, 0.1) is 11.8 Å². The molecule has 8 heteroatoms. The summed E-state index contributed by atoms with van der Waals surface area (Å²) in [7, 11) is 0. The van der Waals surface area contributed by atoms with Crippen LogP contribution in [0.25, 0.3) is 0 Å². The van der Waals surface area contributed by atoms with Crippen LogP contribution in [-0.2, 0) is 11.0 Å². The SMILES string of the molecule is O=C(Nc1ccc(C(F)(F)F)cc1)C1CCCCN1C(=O)c1ccco1. The molecule has 0 bridgehead atoms. The van der Waals surface area contributed by atoms with E-state index in [0.29, 0.717) is 13.0 Å². The van der Waals surface area contributed by atoms with Crippen LogP contribution in [0, 0.1) is 0 Å². The Labute approximate surface area is 147 Å². The van der Waals surface area contributed by atoms with Crippen molar-refractivity contribution in [3.05, 3.63) is 54.0 Å². The van der Waals surface area contributed by atoms with Crippen LogP contribution in [0.1, 0.15) is 35.4 Å². The molecule has 0 radical (unpaired) electrons. The molecule has 1 aliphatic heterocycles. The number of hydrogen-bond donors (Lipinski definition) is 1. The average molecular weight is 366 g/mol. The van der Waals surface area contributed by atoms with E-state index in [2.05, 4.69) is 5.32 Å². The van der Waals surface area contributed by atoms with Gasteiger partial charge in [-0.05, 0) is 55.7 Å². The Kier molecular flexibility index (Phi) is 5.01. The van der Waals surface area contributed by atoms with Gasteiger partial charge in [0.25, 0.3) is 5.91 Å². The van der Waals surface area contributed by atoms with E-state index in [1.54, 1.807) is 6.07 Å². The molecule has 26 heavy (non-hydrogen) atoms. The van der Waals surface area contributed by atoms with Gasteiger partial charge < -0.3 is 14.6 Å². The molecule has 2 heterocycles. The maximum absolute atomic E-state index is 12.6. The fraction of sp³-hybridized carbons (Fsp3) is 0.333. The normalized spacial score (nSPS) is 17.8. The first-order chi connectivity index (χ1) is 12.4. The third-order valence-electron chi connectivity index (χ3n) is 4.28. The van der Waals surface area contributed by atoms with E-state index in [9.17, 15) is 22.8 Å². The molecule has 0 saturated carbocycles. The van der Waals surface area contributed by atoms with Crippen molar-refractivity contribution in [2.24, 2.45) is 0 Å². The molecule has 2 amide bonds. The van der Waals surface area contributed by atoms with E-state index in [1.165, 1.54) is 29.4 Å².